The number of benzene rings is 1. The van der Waals surface area contributed by atoms with Crippen molar-refractivity contribution in [3.63, 3.8) is 0 Å². The average molecular weight is 286 g/mol. The summed E-state index contributed by atoms with van der Waals surface area (Å²) in [4.78, 5) is 23.4. The molecule has 2 rings (SSSR count). The molecule has 1 aromatic heterocycles. The molecule has 0 saturated carbocycles. The minimum absolute atomic E-state index is 0.231. The van der Waals surface area contributed by atoms with Crippen LogP contribution in [0.4, 0.5) is 0 Å². The monoisotopic (exact) mass is 286 g/mol. The van der Waals surface area contributed by atoms with Gasteiger partial charge in [0.1, 0.15) is 5.76 Å². The van der Waals surface area contributed by atoms with Gasteiger partial charge in [0.2, 0.25) is 5.91 Å². The summed E-state index contributed by atoms with van der Waals surface area (Å²) < 4.78 is 5.03. The lowest BCUT2D eigenvalue weighted by Crippen LogP contribution is -2.41. The molecule has 110 valence electrons. The molecule has 1 aromatic carbocycles. The van der Waals surface area contributed by atoms with Gasteiger partial charge in [0.25, 0.3) is 5.91 Å². The van der Waals surface area contributed by atoms with Gasteiger partial charge in [-0.15, -0.1) is 0 Å². The highest BCUT2D eigenvalue weighted by molar-refractivity contribution is 5.96. The third-order valence-corrected chi connectivity index (χ3v) is 3.18. The lowest BCUT2D eigenvalue weighted by atomic mass is 10.1. The molecule has 2 N–H and O–H groups in total. The molecule has 0 saturated heterocycles. The Morgan fingerprint density at radius 2 is 1.76 bits per heavy atom. The molecule has 21 heavy (non-hydrogen) atoms. The van der Waals surface area contributed by atoms with Gasteiger partial charge in [0.15, 0.2) is 0 Å². The van der Waals surface area contributed by atoms with E-state index in [-0.39, 0.29) is 11.8 Å². The third-order valence-electron chi connectivity index (χ3n) is 3.18. The summed E-state index contributed by atoms with van der Waals surface area (Å²) in [7, 11) is 0. The number of hydrazine groups is 1. The van der Waals surface area contributed by atoms with Crippen molar-refractivity contribution in [2.75, 3.05) is 0 Å². The van der Waals surface area contributed by atoms with Crippen LogP contribution >= 0.6 is 0 Å². The lowest BCUT2D eigenvalue weighted by molar-refractivity contribution is -0.121. The molecule has 1 heterocycles. The second-order valence-electron chi connectivity index (χ2n) is 4.88. The lowest BCUT2D eigenvalue weighted by Gasteiger charge is -2.07. The molecule has 0 aliphatic heterocycles. The number of furan rings is 1. The van der Waals surface area contributed by atoms with Crippen molar-refractivity contribution >= 4 is 11.8 Å². The standard InChI is InChI=1S/C16H18N2O3/c1-11-3-5-13(6-4-11)7-8-15(19)17-18-16(20)14-9-10-21-12(14)2/h3-6,9-10H,7-8H2,1-2H3,(H,17,19)(H,18,20). The van der Waals surface area contributed by atoms with Crippen molar-refractivity contribution in [2.45, 2.75) is 26.7 Å². The van der Waals surface area contributed by atoms with E-state index in [0.29, 0.717) is 24.2 Å². The van der Waals surface area contributed by atoms with Gasteiger partial charge >= 0.3 is 0 Å². The SMILES string of the molecule is Cc1ccc(CCC(=O)NNC(=O)c2ccoc2C)cc1. The molecule has 2 amide bonds. The van der Waals surface area contributed by atoms with Gasteiger partial charge in [-0.05, 0) is 31.9 Å². The Morgan fingerprint density at radius 1 is 1.05 bits per heavy atom. The molecular formula is C16H18N2O3. The summed E-state index contributed by atoms with van der Waals surface area (Å²) in [6, 6.07) is 9.57. The van der Waals surface area contributed by atoms with E-state index < -0.39 is 0 Å². The van der Waals surface area contributed by atoms with Gasteiger partial charge in [-0.3, -0.25) is 20.4 Å². The largest absolute Gasteiger partial charge is 0.469 e. The van der Waals surface area contributed by atoms with Crippen LogP contribution in [0.25, 0.3) is 0 Å². The average Bonchev–Trinajstić information content (AvgIpc) is 2.90. The third kappa shape index (κ3) is 4.21. The summed E-state index contributed by atoms with van der Waals surface area (Å²) >= 11 is 0. The van der Waals surface area contributed by atoms with E-state index >= 15 is 0 Å². The minimum atomic E-state index is -0.384. The van der Waals surface area contributed by atoms with Crippen LogP contribution in [-0.4, -0.2) is 11.8 Å². The van der Waals surface area contributed by atoms with E-state index in [1.54, 1.807) is 13.0 Å². The maximum absolute atomic E-state index is 11.8. The Balaban J connectivity index is 1.76. The number of nitrogens with one attached hydrogen (secondary N) is 2. The zero-order valence-electron chi connectivity index (χ0n) is 12.1. The number of rotatable bonds is 4. The van der Waals surface area contributed by atoms with E-state index in [1.807, 2.05) is 31.2 Å². The fourth-order valence-electron chi connectivity index (χ4n) is 1.89. The van der Waals surface area contributed by atoms with Gasteiger partial charge in [0, 0.05) is 6.42 Å². The number of aryl methyl sites for hydroxylation is 3. The van der Waals surface area contributed by atoms with Crippen molar-refractivity contribution in [3.05, 3.63) is 59.0 Å². The number of hydrogen-bond acceptors (Lipinski definition) is 3. The number of amides is 2. The van der Waals surface area contributed by atoms with E-state index in [2.05, 4.69) is 10.9 Å². The fraction of sp³-hybridized carbons (Fsp3) is 0.250. The summed E-state index contributed by atoms with van der Waals surface area (Å²) in [6.45, 7) is 3.71. The first kappa shape index (κ1) is 14.8. The van der Waals surface area contributed by atoms with E-state index in [9.17, 15) is 9.59 Å². The van der Waals surface area contributed by atoms with E-state index in [1.165, 1.54) is 11.8 Å². The van der Waals surface area contributed by atoms with Crippen LogP contribution in [0.3, 0.4) is 0 Å². The smallest absolute Gasteiger partial charge is 0.273 e. The highest BCUT2D eigenvalue weighted by atomic mass is 16.3. The van der Waals surface area contributed by atoms with Crippen LogP contribution in [0.5, 0.6) is 0 Å². The van der Waals surface area contributed by atoms with Crippen LogP contribution < -0.4 is 10.9 Å². The Kier molecular flexibility index (Phi) is 4.77. The van der Waals surface area contributed by atoms with Crippen molar-refractivity contribution in [2.24, 2.45) is 0 Å². The zero-order chi connectivity index (χ0) is 15.2. The molecule has 0 bridgehead atoms. The van der Waals surface area contributed by atoms with Gasteiger partial charge in [-0.25, -0.2) is 0 Å². The first-order chi connectivity index (χ1) is 10.1. The normalized spacial score (nSPS) is 10.2. The zero-order valence-corrected chi connectivity index (χ0v) is 12.1. The molecule has 0 atom stereocenters. The van der Waals surface area contributed by atoms with Crippen LogP contribution in [0.2, 0.25) is 0 Å². The molecule has 5 heteroatoms. The van der Waals surface area contributed by atoms with Crippen LogP contribution in [0.15, 0.2) is 41.0 Å². The maximum Gasteiger partial charge on any atom is 0.273 e. The Hall–Kier alpha value is -2.56. The molecular weight excluding hydrogens is 268 g/mol. The van der Waals surface area contributed by atoms with Crippen LogP contribution in [-0.2, 0) is 11.2 Å². The van der Waals surface area contributed by atoms with Gasteiger partial charge in [0.05, 0.1) is 11.8 Å². The summed E-state index contributed by atoms with van der Waals surface area (Å²) in [5.74, 6) is -0.101. The number of carbonyl (C=O) groups excluding carboxylic acids is 2. The van der Waals surface area contributed by atoms with E-state index in [0.717, 1.165) is 5.56 Å². The number of hydrogen-bond donors (Lipinski definition) is 2. The fourth-order valence-corrected chi connectivity index (χ4v) is 1.89. The predicted octanol–water partition coefficient (Wildman–Crippen LogP) is 2.29. The highest BCUT2D eigenvalue weighted by Gasteiger charge is 2.11. The van der Waals surface area contributed by atoms with Crippen molar-refractivity contribution in [3.8, 4) is 0 Å². The molecule has 0 unspecified atom stereocenters. The van der Waals surface area contributed by atoms with Crippen molar-refractivity contribution in [1.29, 1.82) is 0 Å². The second-order valence-corrected chi connectivity index (χ2v) is 4.88. The quantitative estimate of drug-likeness (QED) is 0.847. The van der Waals surface area contributed by atoms with Crippen LogP contribution in [0.1, 0.15) is 33.7 Å². The minimum Gasteiger partial charge on any atom is -0.469 e. The predicted molar refractivity (Wildman–Crippen MR) is 78.6 cm³/mol. The van der Waals surface area contributed by atoms with E-state index in [4.69, 9.17) is 4.42 Å². The maximum atomic E-state index is 11.8. The first-order valence-corrected chi connectivity index (χ1v) is 6.75. The van der Waals surface area contributed by atoms with Gasteiger partial charge in [-0.1, -0.05) is 29.8 Å². The van der Waals surface area contributed by atoms with Crippen molar-refractivity contribution in [1.82, 2.24) is 10.9 Å². The Labute approximate surface area is 123 Å². The molecule has 5 nitrogen and oxygen atoms in total. The van der Waals surface area contributed by atoms with Gasteiger partial charge < -0.3 is 4.42 Å². The molecule has 0 aliphatic carbocycles. The number of carbonyl (C=O) groups is 2. The Morgan fingerprint density at radius 3 is 2.38 bits per heavy atom. The second kappa shape index (κ2) is 6.74. The summed E-state index contributed by atoms with van der Waals surface area (Å²) in [6.07, 6.45) is 2.38. The molecule has 0 radical (unpaired) electrons. The first-order valence-electron chi connectivity index (χ1n) is 6.75. The molecule has 2 aromatic rings. The van der Waals surface area contributed by atoms with Crippen LogP contribution in [0, 0.1) is 13.8 Å². The van der Waals surface area contributed by atoms with Crippen molar-refractivity contribution < 1.29 is 14.0 Å². The molecule has 0 aliphatic rings. The molecule has 0 fully saturated rings. The summed E-state index contributed by atoms with van der Waals surface area (Å²) in [5.41, 5.74) is 7.46. The topological polar surface area (TPSA) is 71.3 Å². The summed E-state index contributed by atoms with van der Waals surface area (Å²) in [5, 5.41) is 0. The van der Waals surface area contributed by atoms with Gasteiger partial charge in [-0.2, -0.15) is 0 Å². The molecule has 0 spiro atoms. The Bertz CT molecular complexity index is 629. The highest BCUT2D eigenvalue weighted by Crippen LogP contribution is 2.08.